The summed E-state index contributed by atoms with van der Waals surface area (Å²) in [6.07, 6.45) is 5.21. The van der Waals surface area contributed by atoms with Gasteiger partial charge < -0.3 is 10.6 Å². The van der Waals surface area contributed by atoms with Crippen LogP contribution >= 0.6 is 0 Å². The number of hydrogen-bond donors (Lipinski definition) is 1. The first-order valence-corrected chi connectivity index (χ1v) is 7.32. The summed E-state index contributed by atoms with van der Waals surface area (Å²) in [5.74, 6) is 1.23. The van der Waals surface area contributed by atoms with Crippen LogP contribution in [0.3, 0.4) is 0 Å². The second kappa shape index (κ2) is 7.01. The van der Waals surface area contributed by atoms with Crippen LogP contribution in [0.4, 0.5) is 4.39 Å². The van der Waals surface area contributed by atoms with Gasteiger partial charge in [-0.3, -0.25) is 0 Å². The number of nitrogens with two attached hydrogens (primary N) is 1. The third kappa shape index (κ3) is 4.29. The third-order valence-corrected chi connectivity index (χ3v) is 4.26. The average Bonchev–Trinajstić information content (AvgIpc) is 2.39. The van der Waals surface area contributed by atoms with Gasteiger partial charge in [-0.25, -0.2) is 4.39 Å². The smallest absolute Gasteiger partial charge is 0.123 e. The molecule has 1 saturated carbocycles. The first-order chi connectivity index (χ1) is 9.19. The van der Waals surface area contributed by atoms with Crippen molar-refractivity contribution < 1.29 is 4.39 Å². The van der Waals surface area contributed by atoms with E-state index in [1.165, 1.54) is 31.7 Å². The van der Waals surface area contributed by atoms with Crippen molar-refractivity contribution >= 4 is 0 Å². The lowest BCUT2D eigenvalue weighted by atomic mass is 9.79. The van der Waals surface area contributed by atoms with Crippen LogP contribution in [0.2, 0.25) is 0 Å². The van der Waals surface area contributed by atoms with E-state index in [4.69, 9.17) is 5.73 Å². The fourth-order valence-electron chi connectivity index (χ4n) is 3.25. The molecule has 1 aliphatic rings. The first kappa shape index (κ1) is 14.5. The summed E-state index contributed by atoms with van der Waals surface area (Å²) in [5, 5.41) is 0. The lowest BCUT2D eigenvalue weighted by molar-refractivity contribution is 0.170. The van der Waals surface area contributed by atoms with Crippen LogP contribution in [0.15, 0.2) is 24.3 Å². The highest BCUT2D eigenvalue weighted by Crippen LogP contribution is 2.30. The maximum Gasteiger partial charge on any atom is 0.123 e. The van der Waals surface area contributed by atoms with E-state index in [-0.39, 0.29) is 5.82 Å². The van der Waals surface area contributed by atoms with E-state index in [1.807, 2.05) is 6.07 Å². The second-order valence-corrected chi connectivity index (χ2v) is 5.87. The highest BCUT2D eigenvalue weighted by molar-refractivity contribution is 5.16. The van der Waals surface area contributed by atoms with E-state index in [1.54, 1.807) is 12.1 Å². The number of nitrogens with zero attached hydrogens (tertiary/aromatic N) is 1. The molecule has 0 aromatic heterocycles. The molecule has 0 heterocycles. The van der Waals surface area contributed by atoms with E-state index in [2.05, 4.69) is 11.9 Å². The van der Waals surface area contributed by atoms with Gasteiger partial charge in [0, 0.05) is 13.1 Å². The van der Waals surface area contributed by atoms with Gasteiger partial charge in [0.25, 0.3) is 0 Å². The Labute approximate surface area is 115 Å². The first-order valence-electron chi connectivity index (χ1n) is 7.32. The quantitative estimate of drug-likeness (QED) is 0.885. The van der Waals surface area contributed by atoms with Crippen molar-refractivity contribution in [1.82, 2.24) is 4.90 Å². The fourth-order valence-corrected chi connectivity index (χ4v) is 3.25. The highest BCUT2D eigenvalue weighted by atomic mass is 19.1. The molecular formula is C16H25FN2. The Kier molecular flexibility index (Phi) is 5.34. The highest BCUT2D eigenvalue weighted by Gasteiger charge is 2.24. The summed E-state index contributed by atoms with van der Waals surface area (Å²) in [4.78, 5) is 2.30. The molecule has 0 spiro atoms. The van der Waals surface area contributed by atoms with Crippen molar-refractivity contribution in [3.8, 4) is 0 Å². The van der Waals surface area contributed by atoms with E-state index >= 15 is 0 Å². The minimum absolute atomic E-state index is 0.150. The van der Waals surface area contributed by atoms with Crippen LogP contribution in [0.5, 0.6) is 0 Å². The van der Waals surface area contributed by atoms with E-state index in [9.17, 15) is 4.39 Å². The van der Waals surface area contributed by atoms with Crippen molar-refractivity contribution in [3.05, 3.63) is 35.6 Å². The Hall–Kier alpha value is -0.930. The SMILES string of the molecule is CN(Cc1cccc(F)c1)CC1CCCCC1CN. The van der Waals surface area contributed by atoms with Crippen LogP contribution < -0.4 is 5.73 Å². The van der Waals surface area contributed by atoms with Crippen molar-refractivity contribution in [2.24, 2.45) is 17.6 Å². The molecule has 0 saturated heterocycles. The standard InChI is InChI=1S/C16H25FN2/c1-19(11-13-5-4-8-16(17)9-13)12-15-7-3-2-6-14(15)10-18/h4-5,8-9,14-15H,2-3,6-7,10-12,18H2,1H3. The average molecular weight is 264 g/mol. The molecule has 1 aromatic rings. The topological polar surface area (TPSA) is 29.3 Å². The Morgan fingerprint density at radius 3 is 2.68 bits per heavy atom. The van der Waals surface area contributed by atoms with Crippen LogP contribution in [-0.4, -0.2) is 25.0 Å². The largest absolute Gasteiger partial charge is 0.330 e. The van der Waals surface area contributed by atoms with Gasteiger partial charge in [-0.1, -0.05) is 25.0 Å². The van der Waals surface area contributed by atoms with E-state index in [0.717, 1.165) is 25.2 Å². The fraction of sp³-hybridized carbons (Fsp3) is 0.625. The van der Waals surface area contributed by atoms with E-state index < -0.39 is 0 Å². The van der Waals surface area contributed by atoms with Gasteiger partial charge in [0.1, 0.15) is 5.82 Å². The zero-order valence-corrected chi connectivity index (χ0v) is 11.8. The number of hydrogen-bond acceptors (Lipinski definition) is 2. The molecule has 19 heavy (non-hydrogen) atoms. The van der Waals surface area contributed by atoms with E-state index in [0.29, 0.717) is 11.8 Å². The predicted molar refractivity (Wildman–Crippen MR) is 77.2 cm³/mol. The summed E-state index contributed by atoms with van der Waals surface area (Å²) < 4.78 is 13.2. The van der Waals surface area contributed by atoms with Gasteiger partial charge in [0.15, 0.2) is 0 Å². The number of rotatable bonds is 5. The zero-order chi connectivity index (χ0) is 13.7. The van der Waals surface area contributed by atoms with Gasteiger partial charge >= 0.3 is 0 Å². The predicted octanol–water partition coefficient (Wildman–Crippen LogP) is 3.02. The molecule has 1 aromatic carbocycles. The molecule has 0 amide bonds. The van der Waals surface area contributed by atoms with Crippen LogP contribution in [0, 0.1) is 17.7 Å². The Balaban J connectivity index is 1.87. The maximum absolute atomic E-state index is 13.2. The van der Waals surface area contributed by atoms with Crippen LogP contribution in [-0.2, 0) is 6.54 Å². The lowest BCUT2D eigenvalue weighted by Gasteiger charge is -2.33. The maximum atomic E-state index is 13.2. The number of halogens is 1. The molecule has 0 radical (unpaired) electrons. The summed E-state index contributed by atoms with van der Waals surface area (Å²) in [6, 6.07) is 6.88. The Morgan fingerprint density at radius 2 is 2.00 bits per heavy atom. The summed E-state index contributed by atoms with van der Waals surface area (Å²) in [7, 11) is 2.12. The molecule has 1 aliphatic carbocycles. The molecule has 106 valence electrons. The normalized spacial score (nSPS) is 23.8. The van der Waals surface area contributed by atoms with Crippen LogP contribution in [0.25, 0.3) is 0 Å². The van der Waals surface area contributed by atoms with Crippen molar-refractivity contribution in [3.63, 3.8) is 0 Å². The molecule has 2 unspecified atom stereocenters. The minimum Gasteiger partial charge on any atom is -0.330 e. The molecule has 2 N–H and O–H groups in total. The summed E-state index contributed by atoms with van der Waals surface area (Å²) >= 11 is 0. The van der Waals surface area contributed by atoms with Gasteiger partial charge in [-0.2, -0.15) is 0 Å². The zero-order valence-electron chi connectivity index (χ0n) is 11.8. The van der Waals surface area contributed by atoms with Crippen LogP contribution in [0.1, 0.15) is 31.2 Å². The molecule has 2 nitrogen and oxygen atoms in total. The van der Waals surface area contributed by atoms with Gasteiger partial charge in [0.2, 0.25) is 0 Å². The Bertz CT molecular complexity index is 394. The minimum atomic E-state index is -0.150. The molecule has 1 fully saturated rings. The molecule has 2 atom stereocenters. The Morgan fingerprint density at radius 1 is 1.26 bits per heavy atom. The monoisotopic (exact) mass is 264 g/mol. The second-order valence-electron chi connectivity index (χ2n) is 5.87. The van der Waals surface area contributed by atoms with Gasteiger partial charge in [0.05, 0.1) is 0 Å². The summed E-state index contributed by atoms with van der Waals surface area (Å²) in [6.45, 7) is 2.68. The van der Waals surface area contributed by atoms with Crippen molar-refractivity contribution in [2.45, 2.75) is 32.2 Å². The van der Waals surface area contributed by atoms with Gasteiger partial charge in [-0.05, 0) is 56.0 Å². The van der Waals surface area contributed by atoms with Crippen molar-refractivity contribution in [2.75, 3.05) is 20.1 Å². The summed E-state index contributed by atoms with van der Waals surface area (Å²) in [5.41, 5.74) is 6.92. The molecule has 3 heteroatoms. The lowest BCUT2D eigenvalue weighted by Crippen LogP contribution is -2.35. The molecule has 0 aliphatic heterocycles. The molecule has 2 rings (SSSR count). The van der Waals surface area contributed by atoms with Crippen molar-refractivity contribution in [1.29, 1.82) is 0 Å². The third-order valence-electron chi connectivity index (χ3n) is 4.26. The molecular weight excluding hydrogens is 239 g/mol. The number of benzene rings is 1. The molecule has 0 bridgehead atoms. The van der Waals surface area contributed by atoms with Gasteiger partial charge in [-0.15, -0.1) is 0 Å².